The van der Waals surface area contributed by atoms with Crippen molar-refractivity contribution in [2.24, 2.45) is 5.73 Å². The second-order valence-corrected chi connectivity index (χ2v) is 7.18. The number of amides is 2. The first-order chi connectivity index (χ1) is 14.6. The van der Waals surface area contributed by atoms with E-state index in [0.29, 0.717) is 28.7 Å². The molecule has 3 aromatic rings. The number of nitrogens with zero attached hydrogens (tertiary/aromatic N) is 4. The van der Waals surface area contributed by atoms with Crippen molar-refractivity contribution in [1.82, 2.24) is 20.0 Å². The fourth-order valence-electron chi connectivity index (χ4n) is 3.54. The Balaban J connectivity index is 1.30. The number of rotatable bonds is 6. The Labute approximate surface area is 173 Å². The van der Waals surface area contributed by atoms with Crippen LogP contribution < -0.4 is 11.1 Å². The number of nitrogens with one attached hydrogen (secondary N) is 1. The van der Waals surface area contributed by atoms with E-state index in [-0.39, 0.29) is 18.4 Å². The summed E-state index contributed by atoms with van der Waals surface area (Å²) in [4.78, 5) is 34.7. The molecule has 0 atom stereocenters. The van der Waals surface area contributed by atoms with E-state index in [4.69, 9.17) is 10.3 Å². The third kappa shape index (κ3) is 4.52. The zero-order chi connectivity index (χ0) is 20.9. The summed E-state index contributed by atoms with van der Waals surface area (Å²) < 4.78 is 5.45. The van der Waals surface area contributed by atoms with Gasteiger partial charge < -0.3 is 15.6 Å². The fraction of sp³-hybridized carbons (Fsp3) is 0.286. The molecule has 154 valence electrons. The van der Waals surface area contributed by atoms with Crippen LogP contribution in [0.15, 0.2) is 53.2 Å². The van der Waals surface area contributed by atoms with Crippen LogP contribution in [-0.2, 0) is 4.79 Å². The van der Waals surface area contributed by atoms with Gasteiger partial charge in [-0.1, -0.05) is 23.4 Å². The van der Waals surface area contributed by atoms with Crippen molar-refractivity contribution in [1.29, 1.82) is 0 Å². The van der Waals surface area contributed by atoms with Gasteiger partial charge in [-0.05, 0) is 50.2 Å². The summed E-state index contributed by atoms with van der Waals surface area (Å²) in [6.07, 6.45) is 3.32. The Morgan fingerprint density at radius 3 is 2.63 bits per heavy atom. The lowest BCUT2D eigenvalue weighted by Gasteiger charge is -2.29. The van der Waals surface area contributed by atoms with Gasteiger partial charge in [0.1, 0.15) is 5.69 Å². The highest BCUT2D eigenvalue weighted by atomic mass is 16.5. The molecule has 1 aliphatic rings. The smallest absolute Gasteiger partial charge is 0.250 e. The van der Waals surface area contributed by atoms with Crippen LogP contribution in [0.1, 0.15) is 35.0 Å². The maximum absolute atomic E-state index is 12.4. The number of primary amides is 1. The minimum absolute atomic E-state index is 0.157. The van der Waals surface area contributed by atoms with Crippen LogP contribution >= 0.6 is 0 Å². The number of carbonyl (C=O) groups is 2. The molecule has 2 aromatic heterocycles. The molecule has 0 radical (unpaired) electrons. The number of hydrogen-bond donors (Lipinski definition) is 2. The SMILES string of the molecule is NC(=O)c1ccccc1NC(=O)CN1CCC(c2nc(-c3ccccn3)no2)CC1. The molecule has 1 saturated heterocycles. The van der Waals surface area contributed by atoms with Crippen LogP contribution in [0.3, 0.4) is 0 Å². The second kappa shape index (κ2) is 8.83. The Hall–Kier alpha value is -3.59. The molecule has 30 heavy (non-hydrogen) atoms. The van der Waals surface area contributed by atoms with Crippen LogP contribution in [0.5, 0.6) is 0 Å². The van der Waals surface area contributed by atoms with E-state index in [1.807, 2.05) is 18.2 Å². The third-order valence-electron chi connectivity index (χ3n) is 5.11. The molecular formula is C21H22N6O3. The number of likely N-dealkylation sites (tertiary alicyclic amines) is 1. The van der Waals surface area contributed by atoms with Crippen molar-refractivity contribution in [2.75, 3.05) is 25.0 Å². The van der Waals surface area contributed by atoms with Crippen molar-refractivity contribution in [2.45, 2.75) is 18.8 Å². The lowest BCUT2D eigenvalue weighted by molar-refractivity contribution is -0.117. The average molecular weight is 406 g/mol. The van der Waals surface area contributed by atoms with Crippen LogP contribution in [0, 0.1) is 0 Å². The van der Waals surface area contributed by atoms with E-state index in [1.54, 1.807) is 30.5 Å². The molecule has 0 bridgehead atoms. The number of pyridine rings is 1. The zero-order valence-corrected chi connectivity index (χ0v) is 16.3. The molecule has 0 saturated carbocycles. The molecule has 2 amide bonds. The van der Waals surface area contributed by atoms with E-state index < -0.39 is 5.91 Å². The van der Waals surface area contributed by atoms with E-state index in [0.717, 1.165) is 25.9 Å². The lowest BCUT2D eigenvalue weighted by Crippen LogP contribution is -2.39. The molecule has 1 aromatic carbocycles. The number of para-hydroxylation sites is 1. The summed E-state index contributed by atoms with van der Waals surface area (Å²) in [5.74, 6) is 0.495. The minimum Gasteiger partial charge on any atom is -0.366 e. The van der Waals surface area contributed by atoms with Gasteiger partial charge in [0.2, 0.25) is 17.6 Å². The predicted octanol–water partition coefficient (Wildman–Crippen LogP) is 2.05. The maximum Gasteiger partial charge on any atom is 0.250 e. The first-order valence-electron chi connectivity index (χ1n) is 9.76. The molecule has 0 aliphatic carbocycles. The Morgan fingerprint density at radius 1 is 1.13 bits per heavy atom. The minimum atomic E-state index is -0.573. The molecule has 4 rings (SSSR count). The van der Waals surface area contributed by atoms with Gasteiger partial charge >= 0.3 is 0 Å². The van der Waals surface area contributed by atoms with Crippen LogP contribution in [0.4, 0.5) is 5.69 Å². The van der Waals surface area contributed by atoms with Crippen molar-refractivity contribution in [3.05, 3.63) is 60.1 Å². The molecule has 1 fully saturated rings. The first-order valence-corrected chi connectivity index (χ1v) is 9.76. The van der Waals surface area contributed by atoms with Gasteiger partial charge in [-0.2, -0.15) is 4.98 Å². The highest BCUT2D eigenvalue weighted by Crippen LogP contribution is 2.28. The number of hydrogen-bond acceptors (Lipinski definition) is 7. The molecular weight excluding hydrogens is 384 g/mol. The Kier molecular flexibility index (Phi) is 5.80. The number of carbonyl (C=O) groups excluding carboxylic acids is 2. The van der Waals surface area contributed by atoms with Gasteiger partial charge in [0.25, 0.3) is 5.91 Å². The van der Waals surface area contributed by atoms with Crippen LogP contribution in [-0.4, -0.2) is 51.5 Å². The quantitative estimate of drug-likeness (QED) is 0.641. The molecule has 9 heteroatoms. The van der Waals surface area contributed by atoms with Crippen molar-refractivity contribution < 1.29 is 14.1 Å². The predicted molar refractivity (Wildman–Crippen MR) is 110 cm³/mol. The lowest BCUT2D eigenvalue weighted by atomic mass is 9.97. The van der Waals surface area contributed by atoms with Crippen molar-refractivity contribution in [3.8, 4) is 11.5 Å². The Morgan fingerprint density at radius 2 is 1.90 bits per heavy atom. The molecule has 1 aliphatic heterocycles. The van der Waals surface area contributed by atoms with Gasteiger partial charge in [0.05, 0.1) is 17.8 Å². The molecule has 3 N–H and O–H groups in total. The molecule has 0 unspecified atom stereocenters. The molecule has 3 heterocycles. The second-order valence-electron chi connectivity index (χ2n) is 7.18. The molecule has 0 spiro atoms. The van der Waals surface area contributed by atoms with E-state index >= 15 is 0 Å². The largest absolute Gasteiger partial charge is 0.366 e. The monoisotopic (exact) mass is 406 g/mol. The Bertz CT molecular complexity index is 1030. The number of piperidine rings is 1. The average Bonchev–Trinajstić information content (AvgIpc) is 3.25. The highest BCUT2D eigenvalue weighted by molar-refractivity contribution is 6.03. The highest BCUT2D eigenvalue weighted by Gasteiger charge is 2.26. The zero-order valence-electron chi connectivity index (χ0n) is 16.3. The summed E-state index contributed by atoms with van der Waals surface area (Å²) in [6, 6.07) is 12.3. The van der Waals surface area contributed by atoms with Crippen LogP contribution in [0.2, 0.25) is 0 Å². The summed E-state index contributed by atoms with van der Waals surface area (Å²) >= 11 is 0. The van der Waals surface area contributed by atoms with Crippen LogP contribution in [0.25, 0.3) is 11.5 Å². The summed E-state index contributed by atoms with van der Waals surface area (Å²) in [6.45, 7) is 1.70. The van der Waals surface area contributed by atoms with E-state index in [2.05, 4.69) is 25.3 Å². The van der Waals surface area contributed by atoms with Gasteiger partial charge in [-0.15, -0.1) is 0 Å². The van der Waals surface area contributed by atoms with Gasteiger partial charge in [-0.25, -0.2) is 0 Å². The number of anilines is 1. The van der Waals surface area contributed by atoms with Gasteiger partial charge in [0, 0.05) is 12.1 Å². The molecule has 9 nitrogen and oxygen atoms in total. The summed E-state index contributed by atoms with van der Waals surface area (Å²) in [7, 11) is 0. The van der Waals surface area contributed by atoms with E-state index in [1.165, 1.54) is 0 Å². The number of benzene rings is 1. The van der Waals surface area contributed by atoms with Crippen molar-refractivity contribution >= 4 is 17.5 Å². The first kappa shape index (κ1) is 19.7. The van der Waals surface area contributed by atoms with Crippen molar-refractivity contribution in [3.63, 3.8) is 0 Å². The normalized spacial score (nSPS) is 15.1. The number of nitrogens with two attached hydrogens (primary N) is 1. The summed E-state index contributed by atoms with van der Waals surface area (Å²) in [5, 5.41) is 6.81. The maximum atomic E-state index is 12.4. The topological polar surface area (TPSA) is 127 Å². The third-order valence-corrected chi connectivity index (χ3v) is 5.11. The van der Waals surface area contributed by atoms with E-state index in [9.17, 15) is 9.59 Å². The van der Waals surface area contributed by atoms with Gasteiger partial charge in [0.15, 0.2) is 0 Å². The summed E-state index contributed by atoms with van der Waals surface area (Å²) in [5.41, 5.74) is 6.76. The number of aromatic nitrogens is 3. The van der Waals surface area contributed by atoms with Gasteiger partial charge in [-0.3, -0.25) is 19.5 Å². The fourth-order valence-corrected chi connectivity index (χ4v) is 3.54. The standard InChI is InChI=1S/C21H22N6O3/c22-19(29)15-5-1-2-6-16(15)24-18(28)13-27-11-8-14(9-12-27)21-25-20(26-30-21)17-7-3-4-10-23-17/h1-7,10,14H,8-9,11-13H2,(H2,22,29)(H,24,28).